The number of amides is 1. The first-order chi connectivity index (χ1) is 14.0. The summed E-state index contributed by atoms with van der Waals surface area (Å²) in [7, 11) is 0. The number of likely N-dealkylation sites (tertiary alicyclic amines) is 1. The van der Waals surface area contributed by atoms with Gasteiger partial charge in [-0.15, -0.1) is 0 Å². The molecule has 5 rings (SSSR count). The Morgan fingerprint density at radius 2 is 1.93 bits per heavy atom. The number of carbonyl (C=O) groups is 1. The molecule has 2 aromatic carbocycles. The normalized spacial score (nSPS) is 17.6. The van der Waals surface area contributed by atoms with Crippen molar-refractivity contribution in [2.75, 3.05) is 13.1 Å². The number of fused-ring (bicyclic) bond motifs is 1. The highest BCUT2D eigenvalue weighted by Crippen LogP contribution is 2.48. The van der Waals surface area contributed by atoms with E-state index in [0.29, 0.717) is 22.0 Å². The number of aromatic nitrogens is 1. The van der Waals surface area contributed by atoms with Gasteiger partial charge in [0.1, 0.15) is 5.82 Å². The lowest BCUT2D eigenvalue weighted by Gasteiger charge is -2.36. The lowest BCUT2D eigenvalue weighted by Crippen LogP contribution is -2.53. The molecule has 1 aromatic heterocycles. The van der Waals surface area contributed by atoms with Crippen molar-refractivity contribution in [1.29, 1.82) is 5.26 Å². The van der Waals surface area contributed by atoms with E-state index in [-0.39, 0.29) is 19.0 Å². The second-order valence-electron chi connectivity index (χ2n) is 7.84. The molecule has 0 radical (unpaired) electrons. The van der Waals surface area contributed by atoms with Crippen molar-refractivity contribution in [3.8, 4) is 17.2 Å². The number of hydrogen-bond donors (Lipinski definition) is 1. The molecule has 0 atom stereocenters. The van der Waals surface area contributed by atoms with Gasteiger partial charge < -0.3 is 10.0 Å². The van der Waals surface area contributed by atoms with Gasteiger partial charge in [-0.3, -0.25) is 9.78 Å². The Hall–Kier alpha value is -3.30. The largest absolute Gasteiger partial charge is 0.389 e. The highest BCUT2D eigenvalue weighted by molar-refractivity contribution is 6.08. The first-order valence-electron chi connectivity index (χ1n) is 9.58. The van der Waals surface area contributed by atoms with Crippen LogP contribution in [0.2, 0.25) is 0 Å². The number of aliphatic hydroxyl groups excluding tert-OH is 1. The molecular formula is C23H18FN3O2. The Morgan fingerprint density at radius 3 is 2.55 bits per heavy atom. The molecule has 29 heavy (non-hydrogen) atoms. The Kier molecular flexibility index (Phi) is 3.90. The van der Waals surface area contributed by atoms with E-state index in [9.17, 15) is 19.6 Å². The summed E-state index contributed by atoms with van der Waals surface area (Å²) in [5.74, 6) is -0.633. The van der Waals surface area contributed by atoms with Gasteiger partial charge in [0.25, 0.3) is 5.91 Å². The molecule has 2 heterocycles. The number of hydrogen-bond acceptors (Lipinski definition) is 4. The molecule has 1 amide bonds. The van der Waals surface area contributed by atoms with Crippen LogP contribution in [0.4, 0.5) is 4.39 Å². The molecule has 1 saturated heterocycles. The average molecular weight is 387 g/mol. The molecule has 1 aliphatic heterocycles. The van der Waals surface area contributed by atoms with Gasteiger partial charge in [0.2, 0.25) is 0 Å². The molecule has 144 valence electrons. The molecule has 0 unspecified atom stereocenters. The predicted octanol–water partition coefficient (Wildman–Crippen LogP) is 3.41. The molecule has 2 aliphatic rings. The van der Waals surface area contributed by atoms with E-state index < -0.39 is 17.3 Å². The van der Waals surface area contributed by atoms with E-state index >= 15 is 0 Å². The lowest BCUT2D eigenvalue weighted by atomic mass is 9.91. The van der Waals surface area contributed by atoms with E-state index in [1.807, 2.05) is 24.3 Å². The summed E-state index contributed by atoms with van der Waals surface area (Å²) in [5.41, 5.74) is 2.94. The third-order valence-electron chi connectivity index (χ3n) is 5.90. The van der Waals surface area contributed by atoms with Crippen LogP contribution in [0.25, 0.3) is 22.0 Å². The van der Waals surface area contributed by atoms with Crippen LogP contribution in [-0.2, 0) is 5.41 Å². The van der Waals surface area contributed by atoms with Gasteiger partial charge in [-0.1, -0.05) is 24.3 Å². The second-order valence-corrected chi connectivity index (χ2v) is 7.84. The SMILES string of the molecule is N#CC1(c2ccc(-c3c(C(=O)N4CC(O)C4)cnc4ccc(F)cc34)cc2)CC1. The van der Waals surface area contributed by atoms with Crippen molar-refractivity contribution >= 4 is 16.8 Å². The van der Waals surface area contributed by atoms with E-state index in [1.54, 1.807) is 11.0 Å². The average Bonchev–Trinajstić information content (AvgIpc) is 3.51. The van der Waals surface area contributed by atoms with Crippen LogP contribution in [0.5, 0.6) is 0 Å². The number of nitrogens with zero attached hydrogens (tertiary/aromatic N) is 3. The highest BCUT2D eigenvalue weighted by atomic mass is 19.1. The van der Waals surface area contributed by atoms with Gasteiger partial charge in [0.15, 0.2) is 0 Å². The number of rotatable bonds is 3. The van der Waals surface area contributed by atoms with Crippen molar-refractivity contribution < 1.29 is 14.3 Å². The fourth-order valence-electron chi connectivity index (χ4n) is 3.98. The summed E-state index contributed by atoms with van der Waals surface area (Å²) in [6.07, 6.45) is 2.72. The van der Waals surface area contributed by atoms with Crippen molar-refractivity contribution in [3.63, 3.8) is 0 Å². The van der Waals surface area contributed by atoms with Crippen molar-refractivity contribution in [2.24, 2.45) is 0 Å². The van der Waals surface area contributed by atoms with Gasteiger partial charge >= 0.3 is 0 Å². The van der Waals surface area contributed by atoms with Crippen LogP contribution >= 0.6 is 0 Å². The van der Waals surface area contributed by atoms with Crippen LogP contribution in [0.3, 0.4) is 0 Å². The lowest BCUT2D eigenvalue weighted by molar-refractivity contribution is 0.00593. The van der Waals surface area contributed by atoms with Crippen LogP contribution < -0.4 is 0 Å². The Balaban J connectivity index is 1.66. The number of benzene rings is 2. The van der Waals surface area contributed by atoms with Gasteiger partial charge in [-0.2, -0.15) is 5.26 Å². The molecule has 0 spiro atoms. The van der Waals surface area contributed by atoms with Crippen LogP contribution in [0, 0.1) is 17.1 Å². The summed E-state index contributed by atoms with van der Waals surface area (Å²) in [5, 5.41) is 19.6. The number of β-amino-alcohol motifs (C(OH)–C–C–N with tert-alkyl or cyclic N) is 1. The van der Waals surface area contributed by atoms with Crippen molar-refractivity contribution in [3.05, 3.63) is 65.6 Å². The maximum absolute atomic E-state index is 14.0. The smallest absolute Gasteiger partial charge is 0.256 e. The van der Waals surface area contributed by atoms with Crippen LogP contribution in [0.1, 0.15) is 28.8 Å². The molecule has 1 saturated carbocycles. The topological polar surface area (TPSA) is 77.2 Å². The van der Waals surface area contributed by atoms with Crippen molar-refractivity contribution in [2.45, 2.75) is 24.4 Å². The van der Waals surface area contributed by atoms with Gasteiger partial charge in [0.05, 0.1) is 28.7 Å². The number of carbonyl (C=O) groups excluding carboxylic acids is 1. The van der Waals surface area contributed by atoms with Gasteiger partial charge in [-0.05, 0) is 42.2 Å². The van der Waals surface area contributed by atoms with Crippen molar-refractivity contribution in [1.82, 2.24) is 9.88 Å². The number of halogens is 1. The maximum atomic E-state index is 14.0. The van der Waals surface area contributed by atoms with E-state index in [2.05, 4.69) is 11.1 Å². The fourth-order valence-corrected chi connectivity index (χ4v) is 3.98. The molecule has 3 aromatic rings. The molecule has 1 aliphatic carbocycles. The van der Waals surface area contributed by atoms with Crippen LogP contribution in [-0.4, -0.2) is 40.1 Å². The molecule has 2 fully saturated rings. The van der Waals surface area contributed by atoms with Gasteiger partial charge in [0, 0.05) is 30.2 Å². The molecule has 6 heteroatoms. The van der Waals surface area contributed by atoms with Gasteiger partial charge in [-0.25, -0.2) is 4.39 Å². The van der Waals surface area contributed by atoms with E-state index in [4.69, 9.17) is 0 Å². The summed E-state index contributed by atoms with van der Waals surface area (Å²) in [4.78, 5) is 18.9. The monoisotopic (exact) mass is 387 g/mol. The minimum Gasteiger partial charge on any atom is -0.389 e. The van der Waals surface area contributed by atoms with Crippen LogP contribution in [0.15, 0.2) is 48.7 Å². The summed E-state index contributed by atoms with van der Waals surface area (Å²) < 4.78 is 14.0. The quantitative estimate of drug-likeness (QED) is 0.747. The fraction of sp³-hybridized carbons (Fsp3) is 0.261. The molecular weight excluding hydrogens is 369 g/mol. The molecule has 5 nitrogen and oxygen atoms in total. The number of aliphatic hydroxyl groups is 1. The van der Waals surface area contributed by atoms with E-state index in [0.717, 1.165) is 24.0 Å². The zero-order valence-corrected chi connectivity index (χ0v) is 15.6. The zero-order valence-electron chi connectivity index (χ0n) is 15.6. The zero-order chi connectivity index (χ0) is 20.2. The maximum Gasteiger partial charge on any atom is 0.256 e. The highest BCUT2D eigenvalue weighted by Gasteiger charge is 2.44. The first kappa shape index (κ1) is 17.8. The molecule has 0 bridgehead atoms. The Morgan fingerprint density at radius 1 is 1.21 bits per heavy atom. The standard InChI is InChI=1S/C23H18FN3O2/c24-16-5-6-20-18(9-16)21(19(10-26-20)22(29)27-11-17(28)12-27)14-1-3-15(4-2-14)23(13-25)7-8-23/h1-6,9-10,17,28H,7-8,11-12H2. The minimum atomic E-state index is -0.506. The van der Waals surface area contributed by atoms with E-state index in [1.165, 1.54) is 18.3 Å². The first-order valence-corrected chi connectivity index (χ1v) is 9.58. The number of pyridine rings is 1. The minimum absolute atomic E-state index is 0.233. The summed E-state index contributed by atoms with van der Waals surface area (Å²) in [6.45, 7) is 0.562. The number of nitriles is 1. The summed E-state index contributed by atoms with van der Waals surface area (Å²) in [6, 6.07) is 14.3. The Labute approximate surface area is 167 Å². The second kappa shape index (κ2) is 6.36. The summed E-state index contributed by atoms with van der Waals surface area (Å²) >= 11 is 0. The third kappa shape index (κ3) is 2.86. The third-order valence-corrected chi connectivity index (χ3v) is 5.90. The Bertz CT molecular complexity index is 1170. The predicted molar refractivity (Wildman–Crippen MR) is 106 cm³/mol. The molecule has 1 N–H and O–H groups in total.